The third-order valence-corrected chi connectivity index (χ3v) is 1.90. The van der Waals surface area contributed by atoms with Crippen LogP contribution in [0.4, 0.5) is 0 Å². The van der Waals surface area contributed by atoms with E-state index in [4.69, 9.17) is 0 Å². The molecule has 0 fully saturated rings. The summed E-state index contributed by atoms with van der Waals surface area (Å²) in [5.74, 6) is 0.716. The molecule has 6 heteroatoms. The van der Waals surface area contributed by atoms with Crippen LogP contribution >= 0.6 is 0 Å². The molecule has 0 N–H and O–H groups in total. The van der Waals surface area contributed by atoms with Crippen LogP contribution in [0.2, 0.25) is 0 Å². The van der Waals surface area contributed by atoms with E-state index in [1.54, 1.807) is 34.0 Å². The average molecular weight is 186 g/mol. The molecule has 0 radical (unpaired) electrons. The Hall–Kier alpha value is -2.24. The summed E-state index contributed by atoms with van der Waals surface area (Å²) in [6.45, 7) is 0. The molecule has 0 amide bonds. The molecule has 68 valence electrons. The fraction of sp³-hybridized carbons (Fsp3) is 0. The minimum Gasteiger partial charge on any atom is -0.236 e. The van der Waals surface area contributed by atoms with Crippen LogP contribution in [0, 0.1) is 0 Å². The summed E-state index contributed by atoms with van der Waals surface area (Å²) in [5.41, 5.74) is 0.814. The van der Waals surface area contributed by atoms with Gasteiger partial charge >= 0.3 is 0 Å². The van der Waals surface area contributed by atoms with E-state index in [2.05, 4.69) is 20.4 Å². The van der Waals surface area contributed by atoms with Gasteiger partial charge < -0.3 is 0 Å². The highest BCUT2D eigenvalue weighted by atomic mass is 15.5. The van der Waals surface area contributed by atoms with Gasteiger partial charge in [-0.15, -0.1) is 10.2 Å². The molecule has 3 heterocycles. The smallest absolute Gasteiger partial charge is 0.175 e. The van der Waals surface area contributed by atoms with Crippen LogP contribution in [0.1, 0.15) is 0 Å². The summed E-state index contributed by atoms with van der Waals surface area (Å²) in [6.07, 6.45) is 6.84. The summed E-state index contributed by atoms with van der Waals surface area (Å²) in [6, 6.07) is 3.72. The second kappa shape index (κ2) is 2.63. The molecule has 0 aromatic carbocycles. The molecule has 0 saturated carbocycles. The Morgan fingerprint density at radius 2 is 2.07 bits per heavy atom. The first-order chi connectivity index (χ1) is 6.93. The highest BCUT2D eigenvalue weighted by Crippen LogP contribution is 2.03. The van der Waals surface area contributed by atoms with E-state index < -0.39 is 0 Å². The summed E-state index contributed by atoms with van der Waals surface area (Å²) in [7, 11) is 0. The van der Waals surface area contributed by atoms with E-state index >= 15 is 0 Å². The van der Waals surface area contributed by atoms with E-state index in [0.717, 1.165) is 5.65 Å². The summed E-state index contributed by atoms with van der Waals surface area (Å²) in [4.78, 5) is 4.10. The first-order valence-corrected chi connectivity index (χ1v) is 4.10. The van der Waals surface area contributed by atoms with E-state index in [9.17, 15) is 0 Å². The fourth-order valence-electron chi connectivity index (χ4n) is 1.26. The second-order valence-corrected chi connectivity index (χ2v) is 2.77. The van der Waals surface area contributed by atoms with E-state index in [-0.39, 0.29) is 0 Å². The van der Waals surface area contributed by atoms with Gasteiger partial charge in [0, 0.05) is 12.4 Å². The highest BCUT2D eigenvalue weighted by molar-refractivity contribution is 5.39. The molecule has 0 unspecified atom stereocenters. The lowest BCUT2D eigenvalue weighted by molar-refractivity contribution is 0.750. The van der Waals surface area contributed by atoms with Crippen LogP contribution in [0.25, 0.3) is 11.5 Å². The largest absolute Gasteiger partial charge is 0.236 e. The summed E-state index contributed by atoms with van der Waals surface area (Å²) in [5, 5.41) is 11.9. The molecule has 0 atom stereocenters. The quantitative estimate of drug-likeness (QED) is 0.548. The van der Waals surface area contributed by atoms with Gasteiger partial charge in [0.25, 0.3) is 0 Å². The van der Waals surface area contributed by atoms with Crippen molar-refractivity contribution in [3.63, 3.8) is 0 Å². The first-order valence-electron chi connectivity index (χ1n) is 4.10. The number of imidazole rings is 1. The van der Waals surface area contributed by atoms with Crippen molar-refractivity contribution < 1.29 is 0 Å². The van der Waals surface area contributed by atoms with Crippen LogP contribution < -0.4 is 0 Å². The fourth-order valence-corrected chi connectivity index (χ4v) is 1.26. The Morgan fingerprint density at radius 1 is 1.07 bits per heavy atom. The lowest BCUT2D eigenvalue weighted by Crippen LogP contribution is -2.02. The van der Waals surface area contributed by atoms with E-state index in [0.29, 0.717) is 5.82 Å². The highest BCUT2D eigenvalue weighted by Gasteiger charge is 2.00. The average Bonchev–Trinajstić information content (AvgIpc) is 2.88. The van der Waals surface area contributed by atoms with Gasteiger partial charge in [0.1, 0.15) is 0 Å². The van der Waals surface area contributed by atoms with Crippen LogP contribution in [-0.4, -0.2) is 29.6 Å². The molecule has 0 aliphatic carbocycles. The van der Waals surface area contributed by atoms with Gasteiger partial charge in [-0.05, 0) is 12.1 Å². The van der Waals surface area contributed by atoms with Crippen molar-refractivity contribution in [2.75, 3.05) is 0 Å². The number of hydrogen-bond acceptors (Lipinski definition) is 4. The molecule has 0 bridgehead atoms. The summed E-state index contributed by atoms with van der Waals surface area (Å²) < 4.78 is 3.29. The van der Waals surface area contributed by atoms with Crippen LogP contribution in [0.3, 0.4) is 0 Å². The van der Waals surface area contributed by atoms with Crippen molar-refractivity contribution in [1.29, 1.82) is 0 Å². The predicted molar refractivity (Wildman–Crippen MR) is 47.9 cm³/mol. The number of fused-ring (bicyclic) bond motifs is 1. The molecule has 0 aliphatic heterocycles. The van der Waals surface area contributed by atoms with Crippen molar-refractivity contribution in [2.24, 2.45) is 0 Å². The summed E-state index contributed by atoms with van der Waals surface area (Å²) >= 11 is 0. The van der Waals surface area contributed by atoms with E-state index in [1.165, 1.54) is 0 Å². The zero-order valence-electron chi connectivity index (χ0n) is 7.15. The van der Waals surface area contributed by atoms with Crippen molar-refractivity contribution >= 4 is 5.65 Å². The molecular formula is C8H6N6. The molecule has 0 aliphatic rings. The standard InChI is InChI=1S/C8H6N6/c1-2-8(14-6-4-10-12-14)11-13-5-3-9-7(1)13/h1-6H. The molecule has 3 rings (SSSR count). The normalized spacial score (nSPS) is 10.9. The number of rotatable bonds is 1. The van der Waals surface area contributed by atoms with Gasteiger partial charge in [0.2, 0.25) is 0 Å². The van der Waals surface area contributed by atoms with Gasteiger partial charge in [-0.2, -0.15) is 0 Å². The van der Waals surface area contributed by atoms with Crippen LogP contribution in [0.15, 0.2) is 36.9 Å². The zero-order valence-corrected chi connectivity index (χ0v) is 7.15. The molecule has 6 nitrogen and oxygen atoms in total. The molecule has 0 spiro atoms. The predicted octanol–water partition coefficient (Wildman–Crippen LogP) is 0.310. The Balaban J connectivity index is 2.23. The topological polar surface area (TPSA) is 60.9 Å². The molecule has 0 saturated heterocycles. The van der Waals surface area contributed by atoms with Crippen molar-refractivity contribution in [3.05, 3.63) is 36.9 Å². The maximum Gasteiger partial charge on any atom is 0.175 e. The molecule has 3 aromatic rings. The third kappa shape index (κ3) is 0.972. The SMILES string of the molecule is c1cn(-c2ccc3nccn3n2)nn1. The van der Waals surface area contributed by atoms with E-state index in [1.807, 2.05) is 12.1 Å². The first kappa shape index (κ1) is 7.19. The van der Waals surface area contributed by atoms with Gasteiger partial charge in [-0.1, -0.05) is 5.21 Å². The van der Waals surface area contributed by atoms with Gasteiger partial charge in [0.15, 0.2) is 11.5 Å². The third-order valence-electron chi connectivity index (χ3n) is 1.90. The minimum atomic E-state index is 0.716. The van der Waals surface area contributed by atoms with Gasteiger partial charge in [0.05, 0.1) is 12.4 Å². The Bertz CT molecular complexity index is 552. The molecule has 3 aromatic heterocycles. The minimum absolute atomic E-state index is 0.716. The molecule has 14 heavy (non-hydrogen) atoms. The van der Waals surface area contributed by atoms with Crippen molar-refractivity contribution in [1.82, 2.24) is 29.6 Å². The number of nitrogens with zero attached hydrogens (tertiary/aromatic N) is 6. The Kier molecular flexibility index (Phi) is 1.35. The van der Waals surface area contributed by atoms with Crippen LogP contribution in [-0.2, 0) is 0 Å². The lowest BCUT2D eigenvalue weighted by atomic mass is 10.5. The monoisotopic (exact) mass is 186 g/mol. The van der Waals surface area contributed by atoms with Gasteiger partial charge in [-0.3, -0.25) is 0 Å². The second-order valence-electron chi connectivity index (χ2n) is 2.77. The van der Waals surface area contributed by atoms with Crippen molar-refractivity contribution in [2.45, 2.75) is 0 Å². The Morgan fingerprint density at radius 3 is 2.93 bits per heavy atom. The molecular weight excluding hydrogens is 180 g/mol. The maximum absolute atomic E-state index is 4.29. The zero-order chi connectivity index (χ0) is 9.38. The number of hydrogen-bond donors (Lipinski definition) is 0. The lowest BCUT2D eigenvalue weighted by Gasteiger charge is -1.98. The maximum atomic E-state index is 4.29. The Labute approximate surface area is 78.8 Å². The van der Waals surface area contributed by atoms with Crippen molar-refractivity contribution in [3.8, 4) is 5.82 Å². The van der Waals surface area contributed by atoms with Gasteiger partial charge in [-0.25, -0.2) is 14.2 Å². The number of aromatic nitrogens is 6. The van der Waals surface area contributed by atoms with Crippen LogP contribution in [0.5, 0.6) is 0 Å².